The summed E-state index contributed by atoms with van der Waals surface area (Å²) in [5.74, 6) is -27.5. The molecule has 1 fully saturated rings. The standard InChI is InChI=1S/C17H11F10O5P/c1-28-33(29-2,30-3)17(5-8(20)12(24)15(27)13(25)9(5)21)31-16(32-33)4-6(18)10(22)14(26)11(23)7(4)19/h16-17H,1-3H3. The molecule has 2 unspecified atom stereocenters. The SMILES string of the molecule is COP1(OC)(OC)OC(c2c(F)c(F)c(F)c(F)c2F)OC1c1c(F)c(F)c(F)c(F)c1F. The first-order chi connectivity index (χ1) is 15.3. The van der Waals surface area contributed by atoms with Gasteiger partial charge >= 0.3 is 177 Å². The van der Waals surface area contributed by atoms with E-state index in [1.54, 1.807) is 0 Å². The number of hydrogen-bond donors (Lipinski definition) is 0. The van der Waals surface area contributed by atoms with E-state index < -0.39 is 88.9 Å². The van der Waals surface area contributed by atoms with Crippen LogP contribution in [0, 0.1) is 58.2 Å². The normalized spacial score (nSPS) is 22.9. The van der Waals surface area contributed by atoms with E-state index >= 15 is 0 Å². The number of benzene rings is 2. The quantitative estimate of drug-likeness (QED) is 0.212. The molecule has 0 amide bonds. The van der Waals surface area contributed by atoms with Crippen LogP contribution in [0.3, 0.4) is 0 Å². The van der Waals surface area contributed by atoms with Crippen molar-refractivity contribution in [2.75, 3.05) is 21.3 Å². The molecule has 2 aromatic rings. The monoisotopic (exact) mass is 516 g/mol. The molecule has 2 atom stereocenters. The van der Waals surface area contributed by atoms with E-state index in [0.29, 0.717) is 21.3 Å². The molecule has 0 bridgehead atoms. The summed E-state index contributed by atoms with van der Waals surface area (Å²) in [5.41, 5.74) is -3.61. The fourth-order valence-corrected chi connectivity index (χ4v) is 6.02. The van der Waals surface area contributed by atoms with Gasteiger partial charge in [0.05, 0.1) is 0 Å². The second-order valence-electron chi connectivity index (χ2n) is 6.31. The molecule has 0 spiro atoms. The van der Waals surface area contributed by atoms with E-state index in [0.717, 1.165) is 0 Å². The zero-order chi connectivity index (χ0) is 25.1. The Hall–Kier alpha value is -2.03. The van der Waals surface area contributed by atoms with Gasteiger partial charge in [-0.15, -0.1) is 0 Å². The van der Waals surface area contributed by atoms with Gasteiger partial charge in [0.2, 0.25) is 0 Å². The summed E-state index contributed by atoms with van der Waals surface area (Å²) in [5, 5.41) is 0. The van der Waals surface area contributed by atoms with Gasteiger partial charge in [-0.05, 0) is 0 Å². The summed E-state index contributed by atoms with van der Waals surface area (Å²) in [6.45, 7) is 0. The van der Waals surface area contributed by atoms with Gasteiger partial charge < -0.3 is 0 Å². The molecule has 33 heavy (non-hydrogen) atoms. The Labute approximate surface area is 178 Å². The molecular weight excluding hydrogens is 505 g/mol. The molecule has 0 aliphatic carbocycles. The van der Waals surface area contributed by atoms with Crippen LogP contribution in [0.5, 0.6) is 0 Å². The van der Waals surface area contributed by atoms with Gasteiger partial charge in [0.15, 0.2) is 0 Å². The third kappa shape index (κ3) is 3.33. The molecular formula is C17H11F10O5P. The average Bonchev–Trinajstić information content (AvgIpc) is 3.15. The van der Waals surface area contributed by atoms with Gasteiger partial charge in [0, 0.05) is 0 Å². The van der Waals surface area contributed by atoms with E-state index in [1.807, 2.05) is 0 Å². The number of hydrogen-bond acceptors (Lipinski definition) is 5. The van der Waals surface area contributed by atoms with Crippen LogP contribution in [0.1, 0.15) is 23.3 Å². The first-order valence-electron chi connectivity index (χ1n) is 8.39. The van der Waals surface area contributed by atoms with Gasteiger partial charge in [-0.25, -0.2) is 0 Å². The molecule has 5 nitrogen and oxygen atoms in total. The maximum atomic E-state index is 14.5. The van der Waals surface area contributed by atoms with Crippen molar-refractivity contribution in [3.05, 3.63) is 69.3 Å². The molecule has 1 aliphatic rings. The molecule has 1 saturated heterocycles. The average molecular weight is 516 g/mol. The van der Waals surface area contributed by atoms with Gasteiger partial charge in [-0.1, -0.05) is 0 Å². The molecule has 0 saturated carbocycles. The van der Waals surface area contributed by atoms with Gasteiger partial charge in [0.1, 0.15) is 0 Å². The van der Waals surface area contributed by atoms with E-state index in [1.165, 1.54) is 0 Å². The zero-order valence-corrected chi connectivity index (χ0v) is 17.3. The Morgan fingerprint density at radius 1 is 0.515 bits per heavy atom. The van der Waals surface area contributed by atoms with Crippen molar-refractivity contribution < 1.29 is 66.7 Å². The van der Waals surface area contributed by atoms with Crippen LogP contribution in [0.25, 0.3) is 0 Å². The summed E-state index contributed by atoms with van der Waals surface area (Å²) in [4.78, 5) is 0. The van der Waals surface area contributed by atoms with Crippen molar-refractivity contribution in [3.63, 3.8) is 0 Å². The summed E-state index contributed by atoms with van der Waals surface area (Å²) in [6.07, 6.45) is -2.74. The molecule has 0 N–H and O–H groups in total. The molecule has 2 aromatic carbocycles. The minimum atomic E-state index is -5.77. The van der Waals surface area contributed by atoms with E-state index in [2.05, 4.69) is 0 Å². The second-order valence-corrected chi connectivity index (χ2v) is 9.82. The molecule has 1 aliphatic heterocycles. The van der Waals surface area contributed by atoms with E-state index in [9.17, 15) is 43.9 Å². The van der Waals surface area contributed by atoms with Crippen LogP contribution in [0.2, 0.25) is 0 Å². The van der Waals surface area contributed by atoms with Crippen molar-refractivity contribution in [2.24, 2.45) is 0 Å². The van der Waals surface area contributed by atoms with Crippen LogP contribution < -0.4 is 0 Å². The summed E-state index contributed by atoms with van der Waals surface area (Å²) in [7, 11) is -3.71. The molecule has 184 valence electrons. The van der Waals surface area contributed by atoms with Crippen LogP contribution >= 0.6 is 7.51 Å². The molecule has 0 radical (unpaired) electrons. The fraction of sp³-hybridized carbons (Fsp3) is 0.294. The predicted molar refractivity (Wildman–Crippen MR) is 88.1 cm³/mol. The Morgan fingerprint density at radius 2 is 0.818 bits per heavy atom. The summed E-state index contributed by atoms with van der Waals surface area (Å²) >= 11 is 0. The first-order valence-corrected chi connectivity index (χ1v) is 10.4. The van der Waals surface area contributed by atoms with E-state index in [-0.39, 0.29) is 0 Å². The van der Waals surface area contributed by atoms with Gasteiger partial charge in [0.25, 0.3) is 0 Å². The zero-order valence-electron chi connectivity index (χ0n) is 16.4. The van der Waals surface area contributed by atoms with E-state index in [4.69, 9.17) is 22.8 Å². The number of halogens is 10. The van der Waals surface area contributed by atoms with Crippen molar-refractivity contribution in [1.29, 1.82) is 0 Å². The summed E-state index contributed by atoms with van der Waals surface area (Å²) in [6, 6.07) is 0. The Bertz CT molecular complexity index is 1070. The topological polar surface area (TPSA) is 46.2 Å². The van der Waals surface area contributed by atoms with Crippen LogP contribution in [0.4, 0.5) is 43.9 Å². The Balaban J connectivity index is 2.35. The third-order valence-corrected chi connectivity index (χ3v) is 8.57. The third-order valence-electron chi connectivity index (χ3n) is 4.88. The van der Waals surface area contributed by atoms with Gasteiger partial charge in [-0.2, -0.15) is 0 Å². The molecule has 3 rings (SSSR count). The van der Waals surface area contributed by atoms with Crippen molar-refractivity contribution in [2.45, 2.75) is 12.1 Å². The van der Waals surface area contributed by atoms with Crippen molar-refractivity contribution in [1.82, 2.24) is 0 Å². The van der Waals surface area contributed by atoms with Crippen LogP contribution in [0.15, 0.2) is 0 Å². The van der Waals surface area contributed by atoms with Crippen LogP contribution in [-0.4, -0.2) is 21.3 Å². The van der Waals surface area contributed by atoms with Gasteiger partial charge in [-0.3, -0.25) is 0 Å². The van der Waals surface area contributed by atoms with Crippen molar-refractivity contribution >= 4 is 7.51 Å². The molecule has 1 heterocycles. The second kappa shape index (κ2) is 8.32. The Kier molecular flexibility index (Phi) is 6.45. The maximum absolute atomic E-state index is 14.5. The van der Waals surface area contributed by atoms with Crippen LogP contribution in [-0.2, 0) is 22.8 Å². The predicted octanol–water partition coefficient (Wildman–Crippen LogP) is 5.97. The van der Waals surface area contributed by atoms with Crippen molar-refractivity contribution in [3.8, 4) is 0 Å². The summed E-state index contributed by atoms with van der Waals surface area (Å²) < 4.78 is 164. The molecule has 16 heteroatoms. The number of ether oxygens (including phenoxy) is 1. The fourth-order valence-electron chi connectivity index (χ4n) is 3.18. The number of rotatable bonds is 5. The first kappa shape index (κ1) is 25.6. The minimum absolute atomic E-state index is 0.689. The molecule has 0 aromatic heterocycles. The Morgan fingerprint density at radius 3 is 1.15 bits per heavy atom.